The zero-order chi connectivity index (χ0) is 17.4. The highest BCUT2D eigenvalue weighted by atomic mass is 19.1. The standard InChI is InChI=1S/C20H19FN2O2/c21-17-7-3-1-5-13(17)12-23(14-9-10-14)20(25)16-11-19(24)22-18-8-4-2-6-15(16)18/h1-8,14,16H,9-12H2,(H,22,24). The first-order valence-electron chi connectivity index (χ1n) is 8.56. The second kappa shape index (κ2) is 6.31. The number of hydrogen-bond donors (Lipinski definition) is 1. The molecule has 2 aromatic rings. The first kappa shape index (κ1) is 15.8. The number of amides is 2. The normalized spacial score (nSPS) is 19.1. The van der Waals surface area contributed by atoms with Crippen molar-refractivity contribution >= 4 is 17.5 Å². The molecule has 0 radical (unpaired) electrons. The predicted molar refractivity (Wildman–Crippen MR) is 92.4 cm³/mol. The lowest BCUT2D eigenvalue weighted by Crippen LogP contribution is -2.39. The molecule has 25 heavy (non-hydrogen) atoms. The Bertz CT molecular complexity index is 832. The van der Waals surface area contributed by atoms with Crippen molar-refractivity contribution in [3.05, 3.63) is 65.5 Å². The second-order valence-electron chi connectivity index (χ2n) is 6.68. The molecular weight excluding hydrogens is 319 g/mol. The van der Waals surface area contributed by atoms with Crippen molar-refractivity contribution in [2.24, 2.45) is 0 Å². The maximum Gasteiger partial charge on any atom is 0.231 e. The van der Waals surface area contributed by atoms with Gasteiger partial charge in [0.2, 0.25) is 11.8 Å². The topological polar surface area (TPSA) is 49.4 Å². The van der Waals surface area contributed by atoms with Crippen LogP contribution in [0.25, 0.3) is 0 Å². The van der Waals surface area contributed by atoms with Gasteiger partial charge in [-0.15, -0.1) is 0 Å². The summed E-state index contributed by atoms with van der Waals surface area (Å²) in [4.78, 5) is 27.0. The lowest BCUT2D eigenvalue weighted by atomic mass is 9.89. The van der Waals surface area contributed by atoms with Crippen LogP contribution in [0.15, 0.2) is 48.5 Å². The van der Waals surface area contributed by atoms with E-state index < -0.39 is 5.92 Å². The molecule has 1 heterocycles. The van der Waals surface area contributed by atoms with Crippen molar-refractivity contribution in [1.82, 2.24) is 4.90 Å². The fourth-order valence-corrected chi connectivity index (χ4v) is 3.42. The van der Waals surface area contributed by atoms with Crippen LogP contribution in [-0.4, -0.2) is 22.8 Å². The van der Waals surface area contributed by atoms with Crippen LogP contribution in [0.5, 0.6) is 0 Å². The van der Waals surface area contributed by atoms with Gasteiger partial charge in [-0.05, 0) is 30.5 Å². The maximum atomic E-state index is 14.0. The van der Waals surface area contributed by atoms with Gasteiger partial charge >= 0.3 is 0 Å². The minimum Gasteiger partial charge on any atom is -0.335 e. The van der Waals surface area contributed by atoms with Crippen LogP contribution in [0.4, 0.5) is 10.1 Å². The molecule has 4 nitrogen and oxygen atoms in total. The first-order valence-corrected chi connectivity index (χ1v) is 8.56. The van der Waals surface area contributed by atoms with E-state index >= 15 is 0 Å². The summed E-state index contributed by atoms with van der Waals surface area (Å²) in [6.07, 6.45) is 2.00. The summed E-state index contributed by atoms with van der Waals surface area (Å²) < 4.78 is 14.0. The van der Waals surface area contributed by atoms with Crippen molar-refractivity contribution in [2.75, 3.05) is 5.32 Å². The van der Waals surface area contributed by atoms with E-state index in [2.05, 4.69) is 5.32 Å². The Balaban J connectivity index is 1.64. The lowest BCUT2D eigenvalue weighted by molar-refractivity contribution is -0.136. The molecule has 1 unspecified atom stereocenters. The summed E-state index contributed by atoms with van der Waals surface area (Å²) in [6.45, 7) is 0.246. The van der Waals surface area contributed by atoms with E-state index in [4.69, 9.17) is 0 Å². The molecule has 2 aliphatic rings. The van der Waals surface area contributed by atoms with Crippen LogP contribution < -0.4 is 5.32 Å². The van der Waals surface area contributed by atoms with Crippen LogP contribution in [0.1, 0.15) is 36.3 Å². The van der Waals surface area contributed by atoms with Gasteiger partial charge in [0.25, 0.3) is 0 Å². The van der Waals surface area contributed by atoms with Gasteiger partial charge in [0.15, 0.2) is 0 Å². The van der Waals surface area contributed by atoms with Gasteiger partial charge in [-0.25, -0.2) is 4.39 Å². The van der Waals surface area contributed by atoms with Gasteiger partial charge < -0.3 is 10.2 Å². The molecule has 1 aliphatic heterocycles. The van der Waals surface area contributed by atoms with E-state index in [0.29, 0.717) is 11.3 Å². The fourth-order valence-electron chi connectivity index (χ4n) is 3.42. The Hall–Kier alpha value is -2.69. The van der Waals surface area contributed by atoms with Gasteiger partial charge in [-0.1, -0.05) is 36.4 Å². The number of benzene rings is 2. The number of rotatable bonds is 4. The van der Waals surface area contributed by atoms with Crippen LogP contribution in [0.2, 0.25) is 0 Å². The third-order valence-corrected chi connectivity index (χ3v) is 4.87. The van der Waals surface area contributed by atoms with Gasteiger partial charge in [-0.3, -0.25) is 9.59 Å². The summed E-state index contributed by atoms with van der Waals surface area (Å²) >= 11 is 0. The number of halogens is 1. The summed E-state index contributed by atoms with van der Waals surface area (Å²) in [5, 5.41) is 2.82. The number of anilines is 1. The highest BCUT2D eigenvalue weighted by Gasteiger charge is 2.39. The zero-order valence-corrected chi connectivity index (χ0v) is 13.7. The van der Waals surface area contributed by atoms with E-state index in [-0.39, 0.29) is 36.6 Å². The smallest absolute Gasteiger partial charge is 0.231 e. The Morgan fingerprint density at radius 1 is 1.12 bits per heavy atom. The van der Waals surface area contributed by atoms with Crippen LogP contribution in [0.3, 0.4) is 0 Å². The summed E-state index contributed by atoms with van der Waals surface area (Å²) in [5.74, 6) is -1.05. The molecule has 0 aromatic heterocycles. The second-order valence-corrected chi connectivity index (χ2v) is 6.68. The van der Waals surface area contributed by atoms with Gasteiger partial charge in [-0.2, -0.15) is 0 Å². The Morgan fingerprint density at radius 2 is 1.84 bits per heavy atom. The molecule has 0 saturated heterocycles. The molecule has 1 fully saturated rings. The fraction of sp³-hybridized carbons (Fsp3) is 0.300. The maximum absolute atomic E-state index is 14.0. The van der Waals surface area contributed by atoms with E-state index in [1.165, 1.54) is 6.07 Å². The number of hydrogen-bond acceptors (Lipinski definition) is 2. The molecule has 1 N–H and O–H groups in total. The monoisotopic (exact) mass is 338 g/mol. The van der Waals surface area contributed by atoms with Crippen LogP contribution >= 0.6 is 0 Å². The minimum absolute atomic E-state index is 0.0898. The van der Waals surface area contributed by atoms with Crippen LogP contribution in [-0.2, 0) is 16.1 Å². The summed E-state index contributed by atoms with van der Waals surface area (Å²) in [6, 6.07) is 14.1. The molecule has 0 bridgehead atoms. The van der Waals surface area contributed by atoms with E-state index in [1.54, 1.807) is 23.1 Å². The molecule has 1 atom stereocenters. The SMILES string of the molecule is O=C1CC(C(=O)N(Cc2ccccc2F)C2CC2)c2ccccc2N1. The number of carbonyl (C=O) groups excluding carboxylic acids is 2. The predicted octanol–water partition coefficient (Wildman–Crippen LogP) is 3.44. The highest BCUT2D eigenvalue weighted by molar-refractivity contribution is 6.01. The average molecular weight is 338 g/mol. The largest absolute Gasteiger partial charge is 0.335 e. The van der Waals surface area contributed by atoms with Crippen molar-refractivity contribution in [2.45, 2.75) is 37.8 Å². The molecule has 2 amide bonds. The first-order chi connectivity index (χ1) is 12.1. The van der Waals surface area contributed by atoms with Crippen molar-refractivity contribution in [3.63, 3.8) is 0 Å². The summed E-state index contributed by atoms with van der Waals surface area (Å²) in [5.41, 5.74) is 2.04. The number of nitrogens with zero attached hydrogens (tertiary/aromatic N) is 1. The molecule has 5 heteroatoms. The number of carbonyl (C=O) groups is 2. The van der Waals surface area contributed by atoms with Gasteiger partial charge in [0, 0.05) is 30.3 Å². The van der Waals surface area contributed by atoms with E-state index in [0.717, 1.165) is 18.4 Å². The van der Waals surface area contributed by atoms with Crippen LogP contribution in [0, 0.1) is 5.82 Å². The molecular formula is C20H19FN2O2. The Kier molecular flexibility index (Phi) is 3.99. The van der Waals surface area contributed by atoms with E-state index in [9.17, 15) is 14.0 Å². The van der Waals surface area contributed by atoms with Crippen molar-refractivity contribution in [3.8, 4) is 0 Å². The Labute approximate surface area is 145 Å². The molecule has 1 aliphatic carbocycles. The average Bonchev–Trinajstić information content (AvgIpc) is 3.44. The summed E-state index contributed by atoms with van der Waals surface area (Å²) in [7, 11) is 0. The highest BCUT2D eigenvalue weighted by Crippen LogP contribution is 2.37. The van der Waals surface area contributed by atoms with Gasteiger partial charge in [0.1, 0.15) is 5.82 Å². The third kappa shape index (κ3) is 3.14. The van der Waals surface area contributed by atoms with E-state index in [1.807, 2.05) is 24.3 Å². The zero-order valence-electron chi connectivity index (χ0n) is 13.7. The number of fused-ring (bicyclic) bond motifs is 1. The molecule has 2 aromatic carbocycles. The molecule has 1 saturated carbocycles. The Morgan fingerprint density at radius 3 is 2.60 bits per heavy atom. The molecule has 0 spiro atoms. The molecule has 4 rings (SSSR count). The number of nitrogens with one attached hydrogen (secondary N) is 1. The lowest BCUT2D eigenvalue weighted by Gasteiger charge is -2.31. The quantitative estimate of drug-likeness (QED) is 0.928. The van der Waals surface area contributed by atoms with Crippen molar-refractivity contribution < 1.29 is 14.0 Å². The van der Waals surface area contributed by atoms with Crippen molar-refractivity contribution in [1.29, 1.82) is 0 Å². The van der Waals surface area contributed by atoms with Gasteiger partial charge in [0.05, 0.1) is 5.92 Å². The third-order valence-electron chi connectivity index (χ3n) is 4.87. The number of para-hydroxylation sites is 1. The molecule has 128 valence electrons. The minimum atomic E-state index is -0.502.